The summed E-state index contributed by atoms with van der Waals surface area (Å²) >= 11 is 0. The minimum absolute atomic E-state index is 0.0986. The highest BCUT2D eigenvalue weighted by Crippen LogP contribution is 2.18. The largest absolute Gasteiger partial charge is 0.481 e. The molecule has 1 rings (SSSR count). The summed E-state index contributed by atoms with van der Waals surface area (Å²) in [5.41, 5.74) is 0.915. The molecule has 1 aromatic carbocycles. The van der Waals surface area contributed by atoms with Gasteiger partial charge in [0.15, 0.2) is 0 Å². The van der Waals surface area contributed by atoms with Crippen molar-refractivity contribution >= 4 is 17.6 Å². The number of carboxylic acids is 1. The van der Waals surface area contributed by atoms with E-state index in [1.54, 1.807) is 4.90 Å². The summed E-state index contributed by atoms with van der Waals surface area (Å²) in [7, 11) is 0. The van der Waals surface area contributed by atoms with Gasteiger partial charge in [0.25, 0.3) is 0 Å². The van der Waals surface area contributed by atoms with E-state index in [1.807, 2.05) is 44.2 Å². The van der Waals surface area contributed by atoms with E-state index in [4.69, 9.17) is 5.11 Å². The Kier molecular flexibility index (Phi) is 6.77. The Bertz CT molecular complexity index is 429. The minimum atomic E-state index is -0.774. The summed E-state index contributed by atoms with van der Waals surface area (Å²) in [6, 6.07) is 9.75. The van der Waals surface area contributed by atoms with E-state index in [1.165, 1.54) is 0 Å². The van der Waals surface area contributed by atoms with Crippen molar-refractivity contribution in [2.24, 2.45) is 0 Å². The maximum absolute atomic E-state index is 12.3. The molecule has 110 valence electrons. The molecule has 0 radical (unpaired) electrons. The lowest BCUT2D eigenvalue weighted by Crippen LogP contribution is -2.36. The molecule has 4 nitrogen and oxygen atoms in total. The van der Waals surface area contributed by atoms with Gasteiger partial charge >= 0.3 is 5.97 Å². The average molecular weight is 277 g/mol. The summed E-state index contributed by atoms with van der Waals surface area (Å²) < 4.78 is 0. The molecule has 0 aliphatic rings. The fourth-order valence-corrected chi connectivity index (χ4v) is 2.17. The first-order valence-electron chi connectivity index (χ1n) is 7.11. The second-order valence-corrected chi connectivity index (χ2v) is 5.15. The van der Waals surface area contributed by atoms with Gasteiger partial charge in [-0.25, -0.2) is 0 Å². The molecule has 0 aliphatic heterocycles. The maximum atomic E-state index is 12.3. The number of aliphatic carboxylic acids is 1. The number of para-hydroxylation sites is 1. The molecular formula is C16H23NO3. The van der Waals surface area contributed by atoms with E-state index in [2.05, 4.69) is 0 Å². The van der Waals surface area contributed by atoms with Crippen molar-refractivity contribution in [3.63, 3.8) is 0 Å². The zero-order valence-corrected chi connectivity index (χ0v) is 12.2. The standard InChI is InChI=1S/C16H23NO3/c1-13(2)17(14-9-5-3-6-10-14)15(18)11-7-4-8-12-16(19)20/h3,5-6,9-10,13H,4,7-8,11-12H2,1-2H3,(H,19,20). The van der Waals surface area contributed by atoms with Crippen molar-refractivity contribution in [1.82, 2.24) is 0 Å². The number of benzene rings is 1. The molecule has 0 aromatic heterocycles. The van der Waals surface area contributed by atoms with Gasteiger partial charge < -0.3 is 10.0 Å². The van der Waals surface area contributed by atoms with Gasteiger partial charge in [0.2, 0.25) is 5.91 Å². The number of anilines is 1. The van der Waals surface area contributed by atoms with Crippen LogP contribution in [0.4, 0.5) is 5.69 Å². The van der Waals surface area contributed by atoms with Crippen LogP contribution in [0.1, 0.15) is 46.0 Å². The second-order valence-electron chi connectivity index (χ2n) is 5.15. The first-order chi connectivity index (χ1) is 9.52. The summed E-state index contributed by atoms with van der Waals surface area (Å²) in [5, 5.41) is 8.56. The van der Waals surface area contributed by atoms with Crippen LogP contribution in [-0.4, -0.2) is 23.0 Å². The third kappa shape index (κ3) is 5.43. The number of amides is 1. The van der Waals surface area contributed by atoms with Crippen LogP contribution in [0.2, 0.25) is 0 Å². The molecule has 0 aliphatic carbocycles. The number of carbonyl (C=O) groups excluding carboxylic acids is 1. The predicted octanol–water partition coefficient (Wildman–Crippen LogP) is 3.46. The zero-order valence-electron chi connectivity index (χ0n) is 12.2. The van der Waals surface area contributed by atoms with Crippen LogP contribution in [0.25, 0.3) is 0 Å². The predicted molar refractivity (Wildman–Crippen MR) is 79.8 cm³/mol. The van der Waals surface area contributed by atoms with Crippen molar-refractivity contribution in [3.8, 4) is 0 Å². The lowest BCUT2D eigenvalue weighted by molar-refractivity contribution is -0.137. The van der Waals surface area contributed by atoms with Gasteiger partial charge in [-0.2, -0.15) is 0 Å². The molecule has 1 aromatic rings. The molecule has 1 N–H and O–H groups in total. The first-order valence-corrected chi connectivity index (χ1v) is 7.11. The Labute approximate surface area is 120 Å². The number of carboxylic acid groups (broad SMARTS) is 1. The molecule has 20 heavy (non-hydrogen) atoms. The summed E-state index contributed by atoms with van der Waals surface area (Å²) in [6.07, 6.45) is 2.80. The van der Waals surface area contributed by atoms with Crippen molar-refractivity contribution in [3.05, 3.63) is 30.3 Å². The fraction of sp³-hybridized carbons (Fsp3) is 0.500. The maximum Gasteiger partial charge on any atom is 0.303 e. The number of unbranched alkanes of at least 4 members (excludes halogenated alkanes) is 2. The Morgan fingerprint density at radius 2 is 1.65 bits per heavy atom. The van der Waals surface area contributed by atoms with Crippen LogP contribution in [0.5, 0.6) is 0 Å². The zero-order chi connectivity index (χ0) is 15.0. The normalized spacial score (nSPS) is 10.6. The molecule has 0 saturated heterocycles. The molecular weight excluding hydrogens is 254 g/mol. The topological polar surface area (TPSA) is 57.6 Å². The fourth-order valence-electron chi connectivity index (χ4n) is 2.17. The van der Waals surface area contributed by atoms with Crippen LogP contribution < -0.4 is 4.90 Å². The smallest absolute Gasteiger partial charge is 0.303 e. The van der Waals surface area contributed by atoms with E-state index < -0.39 is 5.97 Å². The summed E-state index contributed by atoms with van der Waals surface area (Å²) in [5.74, 6) is -0.675. The Balaban J connectivity index is 2.48. The van der Waals surface area contributed by atoms with Gasteiger partial charge in [0.05, 0.1) is 0 Å². The number of rotatable bonds is 8. The monoisotopic (exact) mass is 277 g/mol. The highest BCUT2D eigenvalue weighted by atomic mass is 16.4. The third-order valence-corrected chi connectivity index (χ3v) is 3.10. The van der Waals surface area contributed by atoms with Crippen LogP contribution in [0.3, 0.4) is 0 Å². The molecule has 0 bridgehead atoms. The third-order valence-electron chi connectivity index (χ3n) is 3.10. The molecule has 0 spiro atoms. The van der Waals surface area contributed by atoms with E-state index in [-0.39, 0.29) is 18.4 Å². The van der Waals surface area contributed by atoms with Gasteiger partial charge in [-0.05, 0) is 38.8 Å². The van der Waals surface area contributed by atoms with Gasteiger partial charge in [-0.3, -0.25) is 9.59 Å². The molecule has 1 amide bonds. The van der Waals surface area contributed by atoms with Crippen molar-refractivity contribution < 1.29 is 14.7 Å². The number of hydrogen-bond acceptors (Lipinski definition) is 2. The molecule has 0 atom stereocenters. The van der Waals surface area contributed by atoms with Crippen LogP contribution >= 0.6 is 0 Å². The van der Waals surface area contributed by atoms with Gasteiger partial charge in [0.1, 0.15) is 0 Å². The second kappa shape index (κ2) is 8.35. The van der Waals surface area contributed by atoms with Crippen molar-refractivity contribution in [1.29, 1.82) is 0 Å². The molecule has 0 heterocycles. The van der Waals surface area contributed by atoms with Gasteiger partial charge in [0, 0.05) is 24.6 Å². The number of carbonyl (C=O) groups is 2. The van der Waals surface area contributed by atoms with Crippen LogP contribution in [-0.2, 0) is 9.59 Å². The van der Waals surface area contributed by atoms with Crippen molar-refractivity contribution in [2.45, 2.75) is 52.0 Å². The van der Waals surface area contributed by atoms with Crippen molar-refractivity contribution in [2.75, 3.05) is 4.90 Å². The number of hydrogen-bond donors (Lipinski definition) is 1. The van der Waals surface area contributed by atoms with E-state index in [9.17, 15) is 9.59 Å². The van der Waals surface area contributed by atoms with E-state index in [0.717, 1.165) is 18.5 Å². The summed E-state index contributed by atoms with van der Waals surface area (Å²) in [4.78, 5) is 24.5. The minimum Gasteiger partial charge on any atom is -0.481 e. The van der Waals surface area contributed by atoms with Crippen LogP contribution in [0.15, 0.2) is 30.3 Å². The Hall–Kier alpha value is -1.84. The summed E-state index contributed by atoms with van der Waals surface area (Å²) in [6.45, 7) is 3.99. The molecule has 4 heteroatoms. The van der Waals surface area contributed by atoms with Gasteiger partial charge in [-0.1, -0.05) is 24.6 Å². The quantitative estimate of drug-likeness (QED) is 0.740. The lowest BCUT2D eigenvalue weighted by Gasteiger charge is -2.27. The SMILES string of the molecule is CC(C)N(C(=O)CCCCCC(=O)O)c1ccccc1. The highest BCUT2D eigenvalue weighted by Gasteiger charge is 2.18. The highest BCUT2D eigenvalue weighted by molar-refractivity contribution is 5.93. The Morgan fingerprint density at radius 3 is 2.20 bits per heavy atom. The first kappa shape index (κ1) is 16.2. The van der Waals surface area contributed by atoms with Gasteiger partial charge in [-0.15, -0.1) is 0 Å². The van der Waals surface area contributed by atoms with Crippen LogP contribution in [0, 0.1) is 0 Å². The van der Waals surface area contributed by atoms with E-state index in [0.29, 0.717) is 12.8 Å². The Morgan fingerprint density at radius 1 is 1.05 bits per heavy atom. The molecule has 0 saturated carbocycles. The number of nitrogens with zero attached hydrogens (tertiary/aromatic N) is 1. The average Bonchev–Trinajstić information content (AvgIpc) is 2.39. The molecule has 0 unspecified atom stereocenters. The lowest BCUT2D eigenvalue weighted by atomic mass is 10.1. The molecule has 0 fully saturated rings. The van der Waals surface area contributed by atoms with E-state index >= 15 is 0 Å².